The molecule has 4 nitrogen and oxygen atoms in total. The molecule has 5 heteroatoms. The molecule has 1 fully saturated rings. The van der Waals surface area contributed by atoms with Crippen molar-refractivity contribution in [2.75, 3.05) is 26.2 Å². The number of aromatic nitrogens is 1. The highest BCUT2D eigenvalue weighted by molar-refractivity contribution is 7.09. The summed E-state index contributed by atoms with van der Waals surface area (Å²) >= 11 is 1.70. The number of aryl methyl sites for hydroxylation is 3. The first-order valence-corrected chi connectivity index (χ1v) is 8.91. The number of rotatable bonds is 3. The van der Waals surface area contributed by atoms with E-state index in [9.17, 15) is 4.79 Å². The second kappa shape index (κ2) is 6.81. The normalized spacial score (nSPS) is 15.9. The Bertz CT molecular complexity index is 702. The van der Waals surface area contributed by atoms with E-state index >= 15 is 0 Å². The van der Waals surface area contributed by atoms with Gasteiger partial charge in [0.2, 0.25) is 0 Å². The highest BCUT2D eigenvalue weighted by Crippen LogP contribution is 2.15. The second-order valence-electron chi connectivity index (χ2n) is 6.23. The molecule has 1 amide bonds. The molecular formula is C18H23N3OS. The van der Waals surface area contributed by atoms with Gasteiger partial charge in [-0.05, 0) is 44.0 Å². The molecule has 0 N–H and O–H groups in total. The first-order valence-electron chi connectivity index (χ1n) is 8.03. The Morgan fingerprint density at radius 3 is 2.48 bits per heavy atom. The van der Waals surface area contributed by atoms with Crippen molar-refractivity contribution in [1.82, 2.24) is 14.8 Å². The molecule has 0 saturated carbocycles. The van der Waals surface area contributed by atoms with Gasteiger partial charge in [-0.2, -0.15) is 0 Å². The van der Waals surface area contributed by atoms with Crippen molar-refractivity contribution in [2.24, 2.45) is 0 Å². The van der Waals surface area contributed by atoms with Gasteiger partial charge in [-0.1, -0.05) is 6.07 Å². The number of amides is 1. The van der Waals surface area contributed by atoms with Crippen LogP contribution < -0.4 is 0 Å². The lowest BCUT2D eigenvalue weighted by molar-refractivity contribution is 0.0627. The topological polar surface area (TPSA) is 36.4 Å². The van der Waals surface area contributed by atoms with Crippen LogP contribution in [-0.4, -0.2) is 46.9 Å². The first kappa shape index (κ1) is 16.1. The van der Waals surface area contributed by atoms with E-state index in [0.29, 0.717) is 0 Å². The Kier molecular flexibility index (Phi) is 4.78. The van der Waals surface area contributed by atoms with Crippen molar-refractivity contribution in [1.29, 1.82) is 0 Å². The zero-order valence-corrected chi connectivity index (χ0v) is 14.8. The minimum absolute atomic E-state index is 0.150. The number of thiazole rings is 1. The molecule has 1 aromatic heterocycles. The lowest BCUT2D eigenvalue weighted by Crippen LogP contribution is -2.48. The lowest BCUT2D eigenvalue weighted by Gasteiger charge is -2.34. The number of hydrogen-bond donors (Lipinski definition) is 0. The van der Waals surface area contributed by atoms with Crippen LogP contribution in [0.1, 0.15) is 32.2 Å². The van der Waals surface area contributed by atoms with Crippen molar-refractivity contribution >= 4 is 17.2 Å². The van der Waals surface area contributed by atoms with Gasteiger partial charge in [-0.25, -0.2) is 4.98 Å². The second-order valence-corrected chi connectivity index (χ2v) is 7.29. The van der Waals surface area contributed by atoms with Crippen LogP contribution in [0, 0.1) is 20.8 Å². The van der Waals surface area contributed by atoms with Crippen LogP contribution in [0.4, 0.5) is 0 Å². The molecule has 0 atom stereocenters. The van der Waals surface area contributed by atoms with Crippen LogP contribution in [-0.2, 0) is 6.54 Å². The Hall–Kier alpha value is -1.72. The van der Waals surface area contributed by atoms with Crippen LogP contribution in [0.15, 0.2) is 23.6 Å². The summed E-state index contributed by atoms with van der Waals surface area (Å²) < 4.78 is 0. The van der Waals surface area contributed by atoms with Crippen LogP contribution >= 0.6 is 11.3 Å². The van der Waals surface area contributed by atoms with E-state index in [4.69, 9.17) is 0 Å². The largest absolute Gasteiger partial charge is 0.336 e. The number of carbonyl (C=O) groups is 1. The number of nitrogens with zero attached hydrogens (tertiary/aromatic N) is 3. The van der Waals surface area contributed by atoms with Gasteiger partial charge in [0.15, 0.2) is 0 Å². The minimum atomic E-state index is 0.150. The van der Waals surface area contributed by atoms with Crippen molar-refractivity contribution in [3.63, 3.8) is 0 Å². The molecule has 0 spiro atoms. The van der Waals surface area contributed by atoms with E-state index in [-0.39, 0.29) is 5.91 Å². The van der Waals surface area contributed by atoms with E-state index in [2.05, 4.69) is 29.1 Å². The van der Waals surface area contributed by atoms with Gasteiger partial charge in [0.25, 0.3) is 5.91 Å². The Labute approximate surface area is 141 Å². The van der Waals surface area contributed by atoms with E-state index in [1.165, 1.54) is 11.1 Å². The molecule has 0 radical (unpaired) electrons. The third kappa shape index (κ3) is 3.79. The summed E-state index contributed by atoms with van der Waals surface area (Å²) in [5.41, 5.74) is 4.34. The van der Waals surface area contributed by atoms with Gasteiger partial charge in [0, 0.05) is 43.7 Å². The van der Waals surface area contributed by atoms with E-state index in [0.717, 1.165) is 49.0 Å². The first-order chi connectivity index (χ1) is 11.0. The molecule has 1 aromatic carbocycles. The molecule has 2 heterocycles. The molecule has 0 bridgehead atoms. The molecule has 0 unspecified atom stereocenters. The number of hydrogen-bond acceptors (Lipinski definition) is 4. The zero-order valence-electron chi connectivity index (χ0n) is 14.0. The quantitative estimate of drug-likeness (QED) is 0.868. The average molecular weight is 329 g/mol. The fraction of sp³-hybridized carbons (Fsp3) is 0.444. The van der Waals surface area contributed by atoms with Gasteiger partial charge in [0.1, 0.15) is 0 Å². The summed E-state index contributed by atoms with van der Waals surface area (Å²) in [6.45, 7) is 10.4. The lowest BCUT2D eigenvalue weighted by atomic mass is 10.1. The molecule has 1 saturated heterocycles. The van der Waals surface area contributed by atoms with Crippen LogP contribution in [0.5, 0.6) is 0 Å². The molecule has 2 aromatic rings. The third-order valence-electron chi connectivity index (χ3n) is 4.47. The van der Waals surface area contributed by atoms with Crippen molar-refractivity contribution in [3.8, 4) is 0 Å². The summed E-state index contributed by atoms with van der Waals surface area (Å²) in [6, 6.07) is 5.97. The molecular weight excluding hydrogens is 306 g/mol. The molecule has 0 aliphatic carbocycles. The summed E-state index contributed by atoms with van der Waals surface area (Å²) in [6.07, 6.45) is 0. The predicted molar refractivity (Wildman–Crippen MR) is 93.9 cm³/mol. The maximum atomic E-state index is 12.6. The van der Waals surface area contributed by atoms with Crippen molar-refractivity contribution in [2.45, 2.75) is 27.3 Å². The van der Waals surface area contributed by atoms with Crippen molar-refractivity contribution < 1.29 is 4.79 Å². The monoisotopic (exact) mass is 329 g/mol. The van der Waals surface area contributed by atoms with Crippen LogP contribution in [0.25, 0.3) is 0 Å². The predicted octanol–water partition coefficient (Wildman–Crippen LogP) is 3.03. The zero-order chi connectivity index (χ0) is 16.4. The van der Waals surface area contributed by atoms with Gasteiger partial charge in [-0.3, -0.25) is 9.69 Å². The minimum Gasteiger partial charge on any atom is -0.336 e. The molecule has 122 valence electrons. The van der Waals surface area contributed by atoms with Crippen LogP contribution in [0.3, 0.4) is 0 Å². The summed E-state index contributed by atoms with van der Waals surface area (Å²) in [5.74, 6) is 0.150. The molecule has 23 heavy (non-hydrogen) atoms. The van der Waals surface area contributed by atoms with Gasteiger partial charge >= 0.3 is 0 Å². The molecule has 1 aliphatic rings. The van der Waals surface area contributed by atoms with Gasteiger partial charge in [0.05, 0.1) is 10.7 Å². The molecule has 3 rings (SSSR count). The Morgan fingerprint density at radius 2 is 1.87 bits per heavy atom. The van der Waals surface area contributed by atoms with E-state index in [1.54, 1.807) is 11.3 Å². The maximum Gasteiger partial charge on any atom is 0.253 e. The fourth-order valence-electron chi connectivity index (χ4n) is 2.88. The maximum absolute atomic E-state index is 12.6. The van der Waals surface area contributed by atoms with Gasteiger partial charge < -0.3 is 4.90 Å². The summed E-state index contributed by atoms with van der Waals surface area (Å²) in [5, 5.41) is 3.24. The molecule has 1 aliphatic heterocycles. The Balaban J connectivity index is 1.57. The summed E-state index contributed by atoms with van der Waals surface area (Å²) in [7, 11) is 0. The SMILES string of the molecule is Cc1nc(CN2CCN(C(=O)c3ccc(C)c(C)c3)CC2)cs1. The number of piperazine rings is 1. The average Bonchev–Trinajstić information content (AvgIpc) is 2.95. The smallest absolute Gasteiger partial charge is 0.253 e. The fourth-order valence-corrected chi connectivity index (χ4v) is 3.48. The van der Waals surface area contributed by atoms with E-state index in [1.807, 2.05) is 30.0 Å². The number of benzene rings is 1. The van der Waals surface area contributed by atoms with Crippen molar-refractivity contribution in [3.05, 3.63) is 51.0 Å². The third-order valence-corrected chi connectivity index (χ3v) is 5.29. The highest BCUT2D eigenvalue weighted by Gasteiger charge is 2.22. The Morgan fingerprint density at radius 1 is 1.13 bits per heavy atom. The number of carbonyl (C=O) groups excluding carboxylic acids is 1. The summed E-state index contributed by atoms with van der Waals surface area (Å²) in [4.78, 5) is 21.5. The standard InChI is InChI=1S/C18H23N3OS/c1-13-4-5-16(10-14(13)2)18(22)21-8-6-20(7-9-21)11-17-12-23-15(3)19-17/h4-5,10,12H,6-9,11H2,1-3H3. The van der Waals surface area contributed by atoms with Crippen LogP contribution in [0.2, 0.25) is 0 Å². The van der Waals surface area contributed by atoms with E-state index < -0.39 is 0 Å². The highest BCUT2D eigenvalue weighted by atomic mass is 32.1. The van der Waals surface area contributed by atoms with Gasteiger partial charge in [-0.15, -0.1) is 11.3 Å².